The molecule has 1 saturated carbocycles. The molecule has 4 heteroatoms. The molecule has 1 aliphatic rings. The Balaban J connectivity index is 2.02. The highest BCUT2D eigenvalue weighted by Gasteiger charge is 2.28. The molecule has 1 heterocycles. The molecule has 1 aliphatic carbocycles. The van der Waals surface area contributed by atoms with Gasteiger partial charge in [0.05, 0.1) is 0 Å². The third kappa shape index (κ3) is 3.50. The number of amides is 1. The van der Waals surface area contributed by atoms with Gasteiger partial charge < -0.3 is 10.6 Å². The Bertz CT molecular complexity index is 461. The highest BCUT2D eigenvalue weighted by atomic mass is 16.1. The normalized spacial score (nSPS) is 26.1. The molecule has 0 saturated heterocycles. The average molecular weight is 275 g/mol. The largest absolute Gasteiger partial charge is 0.370 e. The maximum Gasteiger partial charge on any atom is 0.270 e. The molecule has 2 N–H and O–H groups in total. The van der Waals surface area contributed by atoms with E-state index in [9.17, 15) is 4.79 Å². The molecule has 0 spiro atoms. The van der Waals surface area contributed by atoms with E-state index >= 15 is 0 Å². The summed E-state index contributed by atoms with van der Waals surface area (Å²) in [4.78, 5) is 16.7. The number of carbonyl (C=O) groups is 1. The Morgan fingerprint density at radius 1 is 1.35 bits per heavy atom. The van der Waals surface area contributed by atoms with Crippen LogP contribution < -0.4 is 10.6 Å². The number of aromatic nitrogens is 1. The van der Waals surface area contributed by atoms with Crippen molar-refractivity contribution in [1.82, 2.24) is 10.3 Å². The Hall–Kier alpha value is -1.58. The van der Waals surface area contributed by atoms with Crippen LogP contribution in [0.5, 0.6) is 0 Å². The Kier molecular flexibility index (Phi) is 4.99. The molecule has 1 aromatic heterocycles. The zero-order chi connectivity index (χ0) is 14.5. The fourth-order valence-corrected chi connectivity index (χ4v) is 2.87. The Labute approximate surface area is 121 Å². The lowest BCUT2D eigenvalue weighted by molar-refractivity contribution is 0.0886. The van der Waals surface area contributed by atoms with Gasteiger partial charge in [0.2, 0.25) is 0 Å². The fraction of sp³-hybridized carbons (Fsp3) is 0.625. The van der Waals surface area contributed by atoms with Crippen molar-refractivity contribution >= 4 is 11.7 Å². The summed E-state index contributed by atoms with van der Waals surface area (Å²) in [6.45, 7) is 7.32. The molecular weight excluding hydrogens is 250 g/mol. The molecule has 20 heavy (non-hydrogen) atoms. The van der Waals surface area contributed by atoms with Crippen molar-refractivity contribution in [3.8, 4) is 0 Å². The first-order chi connectivity index (χ1) is 9.61. The Morgan fingerprint density at radius 3 is 2.90 bits per heavy atom. The second-order valence-electron chi connectivity index (χ2n) is 5.79. The number of anilines is 1. The van der Waals surface area contributed by atoms with Crippen molar-refractivity contribution in [3.63, 3.8) is 0 Å². The van der Waals surface area contributed by atoms with Crippen molar-refractivity contribution in [2.75, 3.05) is 11.9 Å². The van der Waals surface area contributed by atoms with E-state index in [1.54, 1.807) is 6.07 Å². The van der Waals surface area contributed by atoms with Crippen molar-refractivity contribution in [2.24, 2.45) is 11.8 Å². The number of hydrogen-bond donors (Lipinski definition) is 2. The third-order valence-corrected chi connectivity index (χ3v) is 4.36. The molecule has 1 amide bonds. The highest BCUT2D eigenvalue weighted by Crippen LogP contribution is 2.29. The van der Waals surface area contributed by atoms with Crippen molar-refractivity contribution in [1.29, 1.82) is 0 Å². The first kappa shape index (κ1) is 14.8. The van der Waals surface area contributed by atoms with Crippen LogP contribution >= 0.6 is 0 Å². The minimum Gasteiger partial charge on any atom is -0.370 e. The standard InChI is InChI=1S/C16H25N3O/c1-4-17-15-10-6-9-14(18-15)16(20)19-13-8-5-7-11(2)12(13)3/h6,9-13H,4-5,7-8H2,1-3H3,(H,17,18)(H,19,20). The summed E-state index contributed by atoms with van der Waals surface area (Å²) < 4.78 is 0. The van der Waals surface area contributed by atoms with Gasteiger partial charge in [0.25, 0.3) is 5.91 Å². The monoisotopic (exact) mass is 275 g/mol. The van der Waals surface area contributed by atoms with Gasteiger partial charge >= 0.3 is 0 Å². The first-order valence-electron chi connectivity index (χ1n) is 7.63. The molecular formula is C16H25N3O. The second-order valence-corrected chi connectivity index (χ2v) is 5.79. The molecule has 2 rings (SSSR count). The van der Waals surface area contributed by atoms with Gasteiger partial charge in [-0.05, 0) is 37.3 Å². The summed E-state index contributed by atoms with van der Waals surface area (Å²) in [5.74, 6) is 1.90. The molecule has 0 radical (unpaired) electrons. The van der Waals surface area contributed by atoms with Gasteiger partial charge in [-0.25, -0.2) is 4.98 Å². The maximum absolute atomic E-state index is 12.3. The number of nitrogens with zero attached hydrogens (tertiary/aromatic N) is 1. The zero-order valence-electron chi connectivity index (χ0n) is 12.6. The van der Waals surface area contributed by atoms with Gasteiger partial charge in [0, 0.05) is 12.6 Å². The SMILES string of the molecule is CCNc1cccc(C(=O)NC2CCCC(C)C2C)n1. The average Bonchev–Trinajstić information content (AvgIpc) is 2.44. The van der Waals surface area contributed by atoms with Gasteiger partial charge in [-0.1, -0.05) is 32.8 Å². The highest BCUT2D eigenvalue weighted by molar-refractivity contribution is 5.92. The van der Waals surface area contributed by atoms with Crippen molar-refractivity contribution < 1.29 is 4.79 Å². The zero-order valence-corrected chi connectivity index (χ0v) is 12.6. The predicted molar refractivity (Wildman–Crippen MR) is 81.8 cm³/mol. The van der Waals surface area contributed by atoms with E-state index < -0.39 is 0 Å². The summed E-state index contributed by atoms with van der Waals surface area (Å²) in [6.07, 6.45) is 3.53. The number of hydrogen-bond acceptors (Lipinski definition) is 3. The molecule has 1 fully saturated rings. The van der Waals surface area contributed by atoms with Crippen LogP contribution in [0.15, 0.2) is 18.2 Å². The van der Waals surface area contributed by atoms with Crippen LogP contribution in [0.3, 0.4) is 0 Å². The van der Waals surface area contributed by atoms with Crippen LogP contribution in [0.25, 0.3) is 0 Å². The van der Waals surface area contributed by atoms with Gasteiger partial charge in [-0.15, -0.1) is 0 Å². The van der Waals surface area contributed by atoms with Crippen LogP contribution in [0.4, 0.5) is 5.82 Å². The minimum atomic E-state index is -0.0595. The van der Waals surface area contributed by atoms with Crippen molar-refractivity contribution in [3.05, 3.63) is 23.9 Å². The van der Waals surface area contributed by atoms with Crippen LogP contribution in [-0.2, 0) is 0 Å². The smallest absolute Gasteiger partial charge is 0.270 e. The maximum atomic E-state index is 12.3. The summed E-state index contributed by atoms with van der Waals surface area (Å²) in [5, 5.41) is 6.29. The van der Waals surface area contributed by atoms with E-state index in [2.05, 4.69) is 29.5 Å². The number of rotatable bonds is 4. The van der Waals surface area contributed by atoms with Crippen LogP contribution in [-0.4, -0.2) is 23.5 Å². The summed E-state index contributed by atoms with van der Waals surface area (Å²) >= 11 is 0. The Morgan fingerprint density at radius 2 is 2.15 bits per heavy atom. The second kappa shape index (κ2) is 6.73. The van der Waals surface area contributed by atoms with E-state index in [4.69, 9.17) is 0 Å². The lowest BCUT2D eigenvalue weighted by atomic mass is 9.78. The minimum absolute atomic E-state index is 0.0595. The number of carbonyl (C=O) groups excluding carboxylic acids is 1. The molecule has 4 nitrogen and oxygen atoms in total. The van der Waals surface area contributed by atoms with Crippen LogP contribution in [0.2, 0.25) is 0 Å². The van der Waals surface area contributed by atoms with Gasteiger partial charge in [0.1, 0.15) is 11.5 Å². The van der Waals surface area contributed by atoms with Gasteiger partial charge in [0.15, 0.2) is 0 Å². The molecule has 0 aliphatic heterocycles. The third-order valence-electron chi connectivity index (χ3n) is 4.36. The number of nitrogens with one attached hydrogen (secondary N) is 2. The molecule has 0 aromatic carbocycles. The fourth-order valence-electron chi connectivity index (χ4n) is 2.87. The topological polar surface area (TPSA) is 54.0 Å². The van der Waals surface area contributed by atoms with Crippen LogP contribution in [0, 0.1) is 11.8 Å². The summed E-state index contributed by atoms with van der Waals surface area (Å²) in [6, 6.07) is 5.79. The van der Waals surface area contributed by atoms with E-state index in [0.717, 1.165) is 18.8 Å². The quantitative estimate of drug-likeness (QED) is 0.888. The molecule has 0 bridgehead atoms. The lowest BCUT2D eigenvalue weighted by Crippen LogP contribution is -2.43. The van der Waals surface area contributed by atoms with E-state index in [1.807, 2.05) is 19.1 Å². The summed E-state index contributed by atoms with van der Waals surface area (Å²) in [7, 11) is 0. The molecule has 3 unspecified atom stereocenters. The van der Waals surface area contributed by atoms with Crippen LogP contribution in [0.1, 0.15) is 50.5 Å². The van der Waals surface area contributed by atoms with Gasteiger partial charge in [-0.3, -0.25) is 4.79 Å². The van der Waals surface area contributed by atoms with E-state index in [1.165, 1.54) is 12.8 Å². The predicted octanol–water partition coefficient (Wildman–Crippen LogP) is 3.07. The van der Waals surface area contributed by atoms with Crippen molar-refractivity contribution in [2.45, 2.75) is 46.1 Å². The molecule has 3 atom stereocenters. The lowest BCUT2D eigenvalue weighted by Gasteiger charge is -2.34. The summed E-state index contributed by atoms with van der Waals surface area (Å²) in [5.41, 5.74) is 0.494. The number of pyridine rings is 1. The molecule has 1 aromatic rings. The van der Waals surface area contributed by atoms with Gasteiger partial charge in [-0.2, -0.15) is 0 Å². The van der Waals surface area contributed by atoms with E-state index in [0.29, 0.717) is 17.5 Å². The first-order valence-corrected chi connectivity index (χ1v) is 7.63. The van der Waals surface area contributed by atoms with E-state index in [-0.39, 0.29) is 11.9 Å². The molecule has 110 valence electrons.